The fourth-order valence-corrected chi connectivity index (χ4v) is 4.85. The minimum atomic E-state index is 0. The Hall–Kier alpha value is -1.71. The number of benzene rings is 1. The van der Waals surface area contributed by atoms with Crippen molar-refractivity contribution in [3.8, 4) is 11.5 Å². The Morgan fingerprint density at radius 2 is 1.66 bits per heavy atom. The van der Waals surface area contributed by atoms with Crippen LogP contribution in [0.3, 0.4) is 0 Å². The third-order valence-electron chi connectivity index (χ3n) is 6.74. The van der Waals surface area contributed by atoms with E-state index in [0.29, 0.717) is 5.96 Å². The molecule has 1 aromatic rings. The van der Waals surface area contributed by atoms with E-state index in [4.69, 9.17) is 9.47 Å². The van der Waals surface area contributed by atoms with E-state index in [2.05, 4.69) is 27.8 Å². The van der Waals surface area contributed by atoms with Gasteiger partial charge in [-0.1, -0.05) is 25.3 Å². The maximum absolute atomic E-state index is 12.5. The molecule has 7 nitrogen and oxygen atoms in total. The first kappa shape index (κ1) is 26.5. The Morgan fingerprint density at radius 3 is 2.28 bits per heavy atom. The molecule has 0 radical (unpaired) electrons. The summed E-state index contributed by atoms with van der Waals surface area (Å²) in [6.07, 6.45) is 9.33. The highest BCUT2D eigenvalue weighted by atomic mass is 127. The van der Waals surface area contributed by atoms with Gasteiger partial charge >= 0.3 is 0 Å². The molecule has 1 aliphatic heterocycles. The van der Waals surface area contributed by atoms with Gasteiger partial charge in [0.2, 0.25) is 5.91 Å². The lowest BCUT2D eigenvalue weighted by molar-refractivity contribution is -0.130. The molecule has 2 aliphatic rings. The van der Waals surface area contributed by atoms with Crippen molar-refractivity contribution in [2.24, 2.45) is 4.99 Å². The standard InChI is InChI=1S/C24H38N4O3.HI/c1-25-23(26-17-22(29)28-14-8-5-9-15-28)27-18-24(12-6-4-7-13-24)19-10-11-20(30-2)21(16-19)31-3;/h10-11,16H,4-9,12-15,17-18H2,1-3H3,(H2,25,26,27);1H. The number of hydrogen-bond acceptors (Lipinski definition) is 4. The number of carbonyl (C=O) groups is 1. The van der Waals surface area contributed by atoms with Crippen LogP contribution in [0.25, 0.3) is 0 Å². The van der Waals surface area contributed by atoms with E-state index in [1.165, 1.54) is 31.2 Å². The second kappa shape index (κ2) is 13.1. The van der Waals surface area contributed by atoms with E-state index >= 15 is 0 Å². The van der Waals surface area contributed by atoms with E-state index in [1.54, 1.807) is 21.3 Å². The Kier molecular flexibility index (Phi) is 10.9. The average molecular weight is 559 g/mol. The summed E-state index contributed by atoms with van der Waals surface area (Å²) in [6.45, 7) is 2.78. The summed E-state index contributed by atoms with van der Waals surface area (Å²) in [5.74, 6) is 2.34. The van der Waals surface area contributed by atoms with Crippen LogP contribution in [0.2, 0.25) is 0 Å². The Morgan fingerprint density at radius 1 is 1.00 bits per heavy atom. The van der Waals surface area contributed by atoms with Gasteiger partial charge in [-0.25, -0.2) is 0 Å². The van der Waals surface area contributed by atoms with E-state index in [1.807, 2.05) is 11.0 Å². The molecule has 32 heavy (non-hydrogen) atoms. The molecule has 2 fully saturated rings. The van der Waals surface area contributed by atoms with Crippen molar-refractivity contribution >= 4 is 35.8 Å². The van der Waals surface area contributed by atoms with E-state index < -0.39 is 0 Å². The van der Waals surface area contributed by atoms with Gasteiger partial charge in [-0.15, -0.1) is 24.0 Å². The summed E-state index contributed by atoms with van der Waals surface area (Å²) in [5.41, 5.74) is 1.27. The summed E-state index contributed by atoms with van der Waals surface area (Å²) in [7, 11) is 5.10. The molecule has 1 saturated heterocycles. The number of piperidine rings is 1. The summed E-state index contributed by atoms with van der Waals surface area (Å²) >= 11 is 0. The zero-order chi connectivity index (χ0) is 22.1. The maximum Gasteiger partial charge on any atom is 0.241 e. The summed E-state index contributed by atoms with van der Waals surface area (Å²) in [6, 6.07) is 6.27. The summed E-state index contributed by atoms with van der Waals surface area (Å²) in [4.78, 5) is 18.8. The lowest BCUT2D eigenvalue weighted by Crippen LogP contribution is -2.49. The van der Waals surface area contributed by atoms with Crippen molar-refractivity contribution in [3.63, 3.8) is 0 Å². The SMILES string of the molecule is CN=C(NCC(=O)N1CCCCC1)NCC1(c2ccc(OC)c(OC)c2)CCCCC1.I. The van der Waals surface area contributed by atoms with Crippen LogP contribution in [-0.4, -0.2) is 64.2 Å². The van der Waals surface area contributed by atoms with Crippen LogP contribution in [0.4, 0.5) is 0 Å². The van der Waals surface area contributed by atoms with Crippen LogP contribution in [-0.2, 0) is 10.2 Å². The number of aliphatic imine (C=N–C) groups is 1. The van der Waals surface area contributed by atoms with E-state index in [9.17, 15) is 4.79 Å². The second-order valence-corrected chi connectivity index (χ2v) is 8.63. The largest absolute Gasteiger partial charge is 0.493 e. The third-order valence-corrected chi connectivity index (χ3v) is 6.74. The minimum absolute atomic E-state index is 0. The second-order valence-electron chi connectivity index (χ2n) is 8.63. The molecule has 0 atom stereocenters. The van der Waals surface area contributed by atoms with Crippen LogP contribution in [0, 0.1) is 0 Å². The first-order chi connectivity index (χ1) is 15.1. The molecule has 1 heterocycles. The number of hydrogen-bond donors (Lipinski definition) is 2. The smallest absolute Gasteiger partial charge is 0.241 e. The number of amides is 1. The van der Waals surface area contributed by atoms with Gasteiger partial charge in [0, 0.05) is 32.1 Å². The van der Waals surface area contributed by atoms with Gasteiger partial charge < -0.3 is 25.0 Å². The number of guanidine groups is 1. The zero-order valence-corrected chi connectivity index (χ0v) is 22.1. The topological polar surface area (TPSA) is 75.2 Å². The minimum Gasteiger partial charge on any atom is -0.493 e. The van der Waals surface area contributed by atoms with Crippen LogP contribution < -0.4 is 20.1 Å². The summed E-state index contributed by atoms with van der Waals surface area (Å²) in [5, 5.41) is 6.72. The summed E-state index contributed by atoms with van der Waals surface area (Å²) < 4.78 is 11.0. The molecule has 3 rings (SSSR count). The molecule has 0 unspecified atom stereocenters. The molecular weight excluding hydrogens is 519 g/mol. The monoisotopic (exact) mass is 558 g/mol. The fraction of sp³-hybridized carbons (Fsp3) is 0.667. The molecule has 1 amide bonds. The number of methoxy groups -OCH3 is 2. The number of nitrogens with one attached hydrogen (secondary N) is 2. The quantitative estimate of drug-likeness (QED) is 0.304. The number of likely N-dealkylation sites (tertiary alicyclic amines) is 1. The predicted octanol–water partition coefficient (Wildman–Crippen LogP) is 3.70. The first-order valence-electron chi connectivity index (χ1n) is 11.6. The van der Waals surface area contributed by atoms with Crippen molar-refractivity contribution in [3.05, 3.63) is 23.8 Å². The number of carbonyl (C=O) groups excluding carboxylic acids is 1. The van der Waals surface area contributed by atoms with Crippen molar-refractivity contribution in [2.75, 3.05) is 47.4 Å². The highest BCUT2D eigenvalue weighted by Crippen LogP contribution is 2.42. The van der Waals surface area contributed by atoms with Gasteiger partial charge in [-0.05, 0) is 49.8 Å². The Balaban J connectivity index is 0.00000363. The van der Waals surface area contributed by atoms with Crippen molar-refractivity contribution in [1.29, 1.82) is 0 Å². The van der Waals surface area contributed by atoms with Crippen LogP contribution >= 0.6 is 24.0 Å². The zero-order valence-electron chi connectivity index (χ0n) is 19.7. The molecule has 1 aromatic carbocycles. The molecule has 1 saturated carbocycles. The van der Waals surface area contributed by atoms with Crippen LogP contribution in [0.1, 0.15) is 56.9 Å². The van der Waals surface area contributed by atoms with Gasteiger partial charge in [0.15, 0.2) is 17.5 Å². The maximum atomic E-state index is 12.5. The third kappa shape index (κ3) is 6.65. The molecule has 1 aliphatic carbocycles. The highest BCUT2D eigenvalue weighted by molar-refractivity contribution is 14.0. The molecule has 180 valence electrons. The van der Waals surface area contributed by atoms with Crippen molar-refractivity contribution in [2.45, 2.75) is 56.8 Å². The van der Waals surface area contributed by atoms with Crippen LogP contribution in [0.5, 0.6) is 11.5 Å². The molecule has 0 bridgehead atoms. The van der Waals surface area contributed by atoms with Gasteiger partial charge in [-0.2, -0.15) is 0 Å². The molecule has 0 aromatic heterocycles. The number of halogens is 1. The Labute approximate surface area is 209 Å². The number of rotatable bonds is 7. The normalized spacial score (nSPS) is 18.3. The number of ether oxygens (including phenoxy) is 2. The first-order valence-corrected chi connectivity index (χ1v) is 11.6. The van der Waals surface area contributed by atoms with Crippen molar-refractivity contribution < 1.29 is 14.3 Å². The Bertz CT molecular complexity index is 760. The number of nitrogens with zero attached hydrogens (tertiary/aromatic N) is 2. The lowest BCUT2D eigenvalue weighted by Gasteiger charge is -2.38. The molecule has 0 spiro atoms. The van der Waals surface area contributed by atoms with Gasteiger partial charge in [0.05, 0.1) is 20.8 Å². The van der Waals surface area contributed by atoms with Crippen LogP contribution in [0.15, 0.2) is 23.2 Å². The van der Waals surface area contributed by atoms with Gasteiger partial charge in [0.1, 0.15) is 0 Å². The molecule has 2 N–H and O–H groups in total. The van der Waals surface area contributed by atoms with E-state index in [-0.39, 0.29) is 41.8 Å². The van der Waals surface area contributed by atoms with Gasteiger partial charge in [0.25, 0.3) is 0 Å². The highest BCUT2D eigenvalue weighted by Gasteiger charge is 2.35. The lowest BCUT2D eigenvalue weighted by atomic mass is 9.69. The fourth-order valence-electron chi connectivity index (χ4n) is 4.85. The molecule has 8 heteroatoms. The van der Waals surface area contributed by atoms with E-state index in [0.717, 1.165) is 56.8 Å². The van der Waals surface area contributed by atoms with Crippen molar-refractivity contribution in [1.82, 2.24) is 15.5 Å². The predicted molar refractivity (Wildman–Crippen MR) is 140 cm³/mol. The molecular formula is C24H39IN4O3. The van der Waals surface area contributed by atoms with Gasteiger partial charge in [-0.3, -0.25) is 9.79 Å². The average Bonchev–Trinajstić information content (AvgIpc) is 2.84.